The fraction of sp³-hybridized carbons (Fsp3) is 0.381. The third-order valence-corrected chi connectivity index (χ3v) is 4.11. The standard InChI is InChI=1S/C21H25ClFN3O4/c1-6-16(26-20(28)30-21(3,4)5)14-7-8-15(22)19(18(14)23)29-13-9-10-24-17(11-13)25-12(2)27/h7-11,16H,6H2,1-5H3,(H,26,28)(H,24,25,27)/t16-/m1/s1. The zero-order valence-corrected chi connectivity index (χ0v) is 18.3. The van der Waals surface area contributed by atoms with Gasteiger partial charge in [0.05, 0.1) is 11.1 Å². The van der Waals surface area contributed by atoms with Crippen LogP contribution in [0.25, 0.3) is 0 Å². The number of benzene rings is 1. The first kappa shape index (κ1) is 23.4. The number of pyridine rings is 1. The highest BCUT2D eigenvalue weighted by Gasteiger charge is 2.24. The Hall–Kier alpha value is -2.87. The number of amides is 2. The van der Waals surface area contributed by atoms with E-state index in [2.05, 4.69) is 15.6 Å². The highest BCUT2D eigenvalue weighted by molar-refractivity contribution is 6.32. The van der Waals surface area contributed by atoms with Gasteiger partial charge in [0.15, 0.2) is 11.6 Å². The number of carbonyl (C=O) groups is 2. The van der Waals surface area contributed by atoms with E-state index in [1.54, 1.807) is 27.7 Å². The number of halogens is 2. The molecule has 9 heteroatoms. The third-order valence-electron chi connectivity index (χ3n) is 3.81. The molecule has 0 aliphatic carbocycles. The fourth-order valence-corrected chi connectivity index (χ4v) is 2.79. The summed E-state index contributed by atoms with van der Waals surface area (Å²) in [6, 6.07) is 5.28. The molecular formula is C21H25ClFN3O4. The van der Waals surface area contributed by atoms with E-state index in [0.29, 0.717) is 6.42 Å². The quantitative estimate of drug-likeness (QED) is 0.613. The summed E-state index contributed by atoms with van der Waals surface area (Å²) in [6.45, 7) is 8.38. The number of anilines is 1. The first-order chi connectivity index (χ1) is 14.0. The molecule has 0 saturated carbocycles. The average molecular weight is 438 g/mol. The Labute approximate surface area is 179 Å². The number of nitrogens with one attached hydrogen (secondary N) is 2. The number of aromatic nitrogens is 1. The summed E-state index contributed by atoms with van der Waals surface area (Å²) in [6.07, 6.45) is 1.18. The summed E-state index contributed by atoms with van der Waals surface area (Å²) < 4.78 is 26.2. The highest BCUT2D eigenvalue weighted by Crippen LogP contribution is 2.37. The van der Waals surface area contributed by atoms with Crippen LogP contribution in [-0.2, 0) is 9.53 Å². The Bertz CT molecular complexity index is 931. The lowest BCUT2D eigenvalue weighted by molar-refractivity contribution is -0.114. The molecule has 0 bridgehead atoms. The van der Waals surface area contributed by atoms with E-state index >= 15 is 4.39 Å². The van der Waals surface area contributed by atoms with Crippen molar-refractivity contribution >= 4 is 29.4 Å². The first-order valence-corrected chi connectivity index (χ1v) is 9.77. The van der Waals surface area contributed by atoms with Crippen molar-refractivity contribution in [2.45, 2.75) is 52.7 Å². The van der Waals surface area contributed by atoms with Crippen molar-refractivity contribution in [1.82, 2.24) is 10.3 Å². The number of rotatable bonds is 6. The molecule has 1 heterocycles. The highest BCUT2D eigenvalue weighted by atomic mass is 35.5. The van der Waals surface area contributed by atoms with Crippen LogP contribution in [-0.4, -0.2) is 22.6 Å². The lowest BCUT2D eigenvalue weighted by Crippen LogP contribution is -2.35. The van der Waals surface area contributed by atoms with Crippen LogP contribution in [0.15, 0.2) is 30.5 Å². The number of hydrogen-bond acceptors (Lipinski definition) is 5. The summed E-state index contributed by atoms with van der Waals surface area (Å²) in [4.78, 5) is 27.3. The van der Waals surface area contributed by atoms with E-state index < -0.39 is 23.6 Å². The molecule has 2 N–H and O–H groups in total. The van der Waals surface area contributed by atoms with E-state index in [9.17, 15) is 9.59 Å². The molecule has 7 nitrogen and oxygen atoms in total. The second-order valence-electron chi connectivity index (χ2n) is 7.55. The van der Waals surface area contributed by atoms with Crippen LogP contribution in [0.3, 0.4) is 0 Å². The zero-order chi connectivity index (χ0) is 22.5. The predicted octanol–water partition coefficient (Wildman–Crippen LogP) is 5.60. The van der Waals surface area contributed by atoms with Crippen molar-refractivity contribution in [3.05, 3.63) is 46.9 Å². The molecule has 2 rings (SSSR count). The number of nitrogens with zero attached hydrogens (tertiary/aromatic N) is 1. The summed E-state index contributed by atoms with van der Waals surface area (Å²) in [7, 11) is 0. The Morgan fingerprint density at radius 1 is 1.27 bits per heavy atom. The molecule has 0 aliphatic rings. The largest absolute Gasteiger partial charge is 0.452 e. The van der Waals surface area contributed by atoms with Crippen molar-refractivity contribution in [2.24, 2.45) is 0 Å². The van der Waals surface area contributed by atoms with Crippen molar-refractivity contribution in [2.75, 3.05) is 5.32 Å². The third kappa shape index (κ3) is 6.59. The SMILES string of the molecule is CC[C@@H](NC(=O)OC(C)(C)C)c1ccc(Cl)c(Oc2ccnc(NC(C)=O)c2)c1F. The summed E-state index contributed by atoms with van der Waals surface area (Å²) >= 11 is 6.15. The molecule has 0 unspecified atom stereocenters. The van der Waals surface area contributed by atoms with Crippen LogP contribution in [0.2, 0.25) is 5.02 Å². The van der Waals surface area contributed by atoms with Crippen molar-refractivity contribution in [3.63, 3.8) is 0 Å². The second-order valence-corrected chi connectivity index (χ2v) is 7.95. The molecule has 0 spiro atoms. The van der Waals surface area contributed by atoms with Crippen molar-refractivity contribution in [1.29, 1.82) is 0 Å². The number of carbonyl (C=O) groups excluding carboxylic acids is 2. The molecule has 2 aromatic rings. The van der Waals surface area contributed by atoms with Gasteiger partial charge in [-0.1, -0.05) is 24.6 Å². The Morgan fingerprint density at radius 2 is 1.97 bits per heavy atom. The fourth-order valence-electron chi connectivity index (χ4n) is 2.60. The summed E-state index contributed by atoms with van der Waals surface area (Å²) in [5.41, 5.74) is -0.471. The molecule has 2 amide bonds. The minimum atomic E-state index is -0.705. The molecule has 0 fully saturated rings. The van der Waals surface area contributed by atoms with Gasteiger partial charge in [-0.05, 0) is 39.3 Å². The summed E-state index contributed by atoms with van der Waals surface area (Å²) in [5, 5.41) is 5.24. The Morgan fingerprint density at radius 3 is 2.57 bits per heavy atom. The van der Waals surface area contributed by atoms with Crippen molar-refractivity contribution in [3.8, 4) is 11.5 Å². The van der Waals surface area contributed by atoms with Gasteiger partial charge in [0, 0.05) is 24.8 Å². The average Bonchev–Trinajstić information content (AvgIpc) is 2.62. The van der Waals surface area contributed by atoms with Crippen LogP contribution in [0.1, 0.15) is 52.6 Å². The van der Waals surface area contributed by atoms with E-state index in [4.69, 9.17) is 21.1 Å². The van der Waals surface area contributed by atoms with Crippen LogP contribution >= 0.6 is 11.6 Å². The van der Waals surface area contributed by atoms with Gasteiger partial charge in [0.25, 0.3) is 0 Å². The monoisotopic (exact) mass is 437 g/mol. The molecule has 1 atom stereocenters. The van der Waals surface area contributed by atoms with E-state index in [0.717, 1.165) is 0 Å². The van der Waals surface area contributed by atoms with Crippen molar-refractivity contribution < 1.29 is 23.5 Å². The lowest BCUT2D eigenvalue weighted by atomic mass is 10.0. The van der Waals surface area contributed by atoms with E-state index in [1.165, 1.54) is 37.4 Å². The molecule has 162 valence electrons. The molecule has 0 aliphatic heterocycles. The molecule has 30 heavy (non-hydrogen) atoms. The van der Waals surface area contributed by atoms with E-state index in [1.807, 2.05) is 0 Å². The van der Waals surface area contributed by atoms with Gasteiger partial charge < -0.3 is 20.1 Å². The second kappa shape index (κ2) is 9.75. The van der Waals surface area contributed by atoms with Crippen LogP contribution in [0.4, 0.5) is 15.0 Å². The van der Waals surface area contributed by atoms with Gasteiger partial charge in [0.2, 0.25) is 5.91 Å². The number of hydrogen-bond donors (Lipinski definition) is 2. The zero-order valence-electron chi connectivity index (χ0n) is 17.5. The molecular weight excluding hydrogens is 413 g/mol. The smallest absolute Gasteiger partial charge is 0.408 e. The maximum absolute atomic E-state index is 15.3. The molecule has 0 radical (unpaired) electrons. The van der Waals surface area contributed by atoms with Gasteiger partial charge in [-0.2, -0.15) is 0 Å². The van der Waals surface area contributed by atoms with Gasteiger partial charge in [-0.3, -0.25) is 4.79 Å². The van der Waals surface area contributed by atoms with Crippen LogP contribution in [0.5, 0.6) is 11.5 Å². The maximum atomic E-state index is 15.3. The Kier molecular flexibility index (Phi) is 7.61. The number of ether oxygens (including phenoxy) is 2. The Balaban J connectivity index is 2.30. The van der Waals surface area contributed by atoms with Gasteiger partial charge in [0.1, 0.15) is 17.2 Å². The topological polar surface area (TPSA) is 89.6 Å². The van der Waals surface area contributed by atoms with E-state index in [-0.39, 0.29) is 33.8 Å². The maximum Gasteiger partial charge on any atom is 0.408 e. The van der Waals surface area contributed by atoms with Crippen LogP contribution in [0, 0.1) is 5.82 Å². The number of alkyl carbamates (subject to hydrolysis) is 1. The molecule has 0 saturated heterocycles. The minimum Gasteiger partial charge on any atom is -0.452 e. The first-order valence-electron chi connectivity index (χ1n) is 9.39. The van der Waals surface area contributed by atoms with Gasteiger partial charge in [-0.25, -0.2) is 14.2 Å². The normalized spacial score (nSPS) is 12.1. The lowest BCUT2D eigenvalue weighted by Gasteiger charge is -2.24. The molecule has 1 aromatic heterocycles. The summed E-state index contributed by atoms with van der Waals surface area (Å²) in [5.74, 6) is -0.711. The van der Waals surface area contributed by atoms with Crippen LogP contribution < -0.4 is 15.4 Å². The predicted molar refractivity (Wildman–Crippen MR) is 112 cm³/mol. The van der Waals surface area contributed by atoms with Gasteiger partial charge >= 0.3 is 6.09 Å². The minimum absolute atomic E-state index is 0.0567. The molecule has 1 aromatic carbocycles. The van der Waals surface area contributed by atoms with Gasteiger partial charge in [-0.15, -0.1) is 0 Å².